The van der Waals surface area contributed by atoms with Crippen molar-refractivity contribution in [2.24, 2.45) is 0 Å². The third kappa shape index (κ3) is 3.36. The minimum Gasteiger partial charge on any atom is -0.494 e. The van der Waals surface area contributed by atoms with Crippen LogP contribution in [0.1, 0.15) is 5.56 Å². The Morgan fingerprint density at radius 2 is 1.76 bits per heavy atom. The summed E-state index contributed by atoms with van der Waals surface area (Å²) in [6.45, 7) is 0. The lowest BCUT2D eigenvalue weighted by Crippen LogP contribution is -2.04. The first kappa shape index (κ1) is 15.0. The van der Waals surface area contributed by atoms with Crippen molar-refractivity contribution in [1.29, 1.82) is 0 Å². The van der Waals surface area contributed by atoms with Crippen LogP contribution in [0.5, 0.6) is 17.2 Å². The van der Waals surface area contributed by atoms with Crippen LogP contribution in [-0.2, 0) is 6.18 Å². The maximum Gasteiger partial charge on any atom is 0.416 e. The first-order valence-electron chi connectivity index (χ1n) is 5.79. The molecule has 3 nitrogen and oxygen atoms in total. The second-order valence-electron chi connectivity index (χ2n) is 4.15. The quantitative estimate of drug-likeness (QED) is 0.681. The van der Waals surface area contributed by atoms with E-state index in [-0.39, 0.29) is 22.9 Å². The van der Waals surface area contributed by atoms with Crippen molar-refractivity contribution in [3.05, 3.63) is 47.8 Å². The fourth-order valence-electron chi connectivity index (χ4n) is 1.66. The zero-order valence-corrected chi connectivity index (χ0v) is 10.9. The van der Waals surface area contributed by atoms with Crippen molar-refractivity contribution < 1.29 is 27.0 Å². The van der Waals surface area contributed by atoms with Crippen LogP contribution in [0.4, 0.5) is 23.2 Å². The molecule has 0 saturated heterocycles. The topological polar surface area (TPSA) is 44.5 Å². The van der Waals surface area contributed by atoms with E-state index < -0.39 is 17.6 Å². The third-order valence-corrected chi connectivity index (χ3v) is 2.67. The highest BCUT2D eigenvalue weighted by molar-refractivity contribution is 5.57. The fraction of sp³-hybridized carbons (Fsp3) is 0.143. The van der Waals surface area contributed by atoms with E-state index in [1.54, 1.807) is 0 Å². The number of methoxy groups -OCH3 is 1. The van der Waals surface area contributed by atoms with Crippen molar-refractivity contribution >= 4 is 5.69 Å². The highest BCUT2D eigenvalue weighted by Crippen LogP contribution is 2.36. The molecule has 0 aliphatic carbocycles. The van der Waals surface area contributed by atoms with Crippen LogP contribution in [0, 0.1) is 5.82 Å². The van der Waals surface area contributed by atoms with Gasteiger partial charge >= 0.3 is 6.18 Å². The molecule has 0 aromatic heterocycles. The monoisotopic (exact) mass is 301 g/mol. The van der Waals surface area contributed by atoms with Crippen molar-refractivity contribution in [1.82, 2.24) is 0 Å². The number of halogens is 4. The zero-order chi connectivity index (χ0) is 15.6. The molecule has 0 bridgehead atoms. The molecule has 2 aromatic carbocycles. The average Bonchev–Trinajstić information content (AvgIpc) is 2.41. The molecule has 0 spiro atoms. The molecule has 0 unspecified atom stereocenters. The van der Waals surface area contributed by atoms with Gasteiger partial charge in [0.15, 0.2) is 17.3 Å². The molecule has 0 radical (unpaired) electrons. The minimum absolute atomic E-state index is 0.00701. The molecular weight excluding hydrogens is 290 g/mol. The van der Waals surface area contributed by atoms with Crippen LogP contribution in [-0.4, -0.2) is 7.11 Å². The zero-order valence-electron chi connectivity index (χ0n) is 10.9. The Morgan fingerprint density at radius 1 is 1.05 bits per heavy atom. The molecular formula is C14H11F4NO2. The Kier molecular flexibility index (Phi) is 3.93. The lowest BCUT2D eigenvalue weighted by Gasteiger charge is -2.12. The second kappa shape index (κ2) is 5.51. The SMILES string of the molecule is COc1cc(Oc2cccc(C(F)(F)F)c2)c(N)cc1F. The van der Waals surface area contributed by atoms with Gasteiger partial charge in [-0.05, 0) is 18.2 Å². The number of nitrogens with two attached hydrogens (primary N) is 1. The Morgan fingerprint density at radius 3 is 2.38 bits per heavy atom. The van der Waals surface area contributed by atoms with Crippen LogP contribution in [0.2, 0.25) is 0 Å². The normalized spacial score (nSPS) is 11.3. The van der Waals surface area contributed by atoms with Gasteiger partial charge in [0.2, 0.25) is 0 Å². The smallest absolute Gasteiger partial charge is 0.416 e. The number of rotatable bonds is 3. The first-order valence-corrected chi connectivity index (χ1v) is 5.79. The molecule has 0 aliphatic rings. The van der Waals surface area contributed by atoms with E-state index in [0.717, 1.165) is 18.2 Å². The first-order chi connectivity index (χ1) is 9.81. The number of alkyl halides is 3. The molecule has 112 valence electrons. The lowest BCUT2D eigenvalue weighted by atomic mass is 10.2. The van der Waals surface area contributed by atoms with Gasteiger partial charge in [-0.1, -0.05) is 6.07 Å². The predicted molar refractivity (Wildman–Crippen MR) is 68.9 cm³/mol. The van der Waals surface area contributed by atoms with Gasteiger partial charge in [-0.3, -0.25) is 0 Å². The summed E-state index contributed by atoms with van der Waals surface area (Å²) < 4.78 is 61.2. The predicted octanol–water partition coefficient (Wildman–Crippen LogP) is 4.23. The summed E-state index contributed by atoms with van der Waals surface area (Å²) in [6.07, 6.45) is -4.48. The van der Waals surface area contributed by atoms with E-state index in [1.165, 1.54) is 25.3 Å². The van der Waals surface area contributed by atoms with Gasteiger partial charge in [-0.25, -0.2) is 4.39 Å². The molecule has 0 atom stereocenters. The summed E-state index contributed by atoms with van der Waals surface area (Å²) in [5, 5.41) is 0. The molecule has 0 heterocycles. The molecule has 0 saturated carbocycles. The van der Waals surface area contributed by atoms with Crippen molar-refractivity contribution in [2.45, 2.75) is 6.18 Å². The number of ether oxygens (including phenoxy) is 2. The van der Waals surface area contributed by atoms with E-state index in [0.29, 0.717) is 0 Å². The van der Waals surface area contributed by atoms with E-state index in [4.69, 9.17) is 15.2 Å². The van der Waals surface area contributed by atoms with Gasteiger partial charge < -0.3 is 15.2 Å². The Hall–Kier alpha value is -2.44. The standard InChI is InChI=1S/C14H11F4NO2/c1-20-12-7-13(11(19)6-10(12)15)21-9-4-2-3-8(5-9)14(16,17)18/h2-7H,19H2,1H3. The molecule has 2 rings (SSSR count). The third-order valence-electron chi connectivity index (χ3n) is 2.67. The van der Waals surface area contributed by atoms with Gasteiger partial charge in [0.05, 0.1) is 18.4 Å². The van der Waals surface area contributed by atoms with Crippen LogP contribution < -0.4 is 15.2 Å². The van der Waals surface area contributed by atoms with Crippen LogP contribution in [0.3, 0.4) is 0 Å². The maximum atomic E-state index is 13.4. The average molecular weight is 301 g/mol. The Labute approximate surface area is 117 Å². The second-order valence-corrected chi connectivity index (χ2v) is 4.15. The molecule has 0 aliphatic heterocycles. The Bertz CT molecular complexity index is 656. The van der Waals surface area contributed by atoms with Crippen LogP contribution >= 0.6 is 0 Å². The molecule has 0 amide bonds. The summed E-state index contributed by atoms with van der Waals surface area (Å²) in [5.41, 5.74) is 4.67. The molecule has 7 heteroatoms. The van der Waals surface area contributed by atoms with E-state index in [9.17, 15) is 17.6 Å². The highest BCUT2D eigenvalue weighted by Gasteiger charge is 2.30. The Balaban J connectivity index is 2.34. The van der Waals surface area contributed by atoms with Gasteiger partial charge in [-0.15, -0.1) is 0 Å². The van der Waals surface area contributed by atoms with Crippen LogP contribution in [0.25, 0.3) is 0 Å². The number of hydrogen-bond acceptors (Lipinski definition) is 3. The van der Waals surface area contributed by atoms with E-state index >= 15 is 0 Å². The lowest BCUT2D eigenvalue weighted by molar-refractivity contribution is -0.137. The summed E-state index contributed by atoms with van der Waals surface area (Å²) in [5.74, 6) is -0.865. The number of nitrogen functional groups attached to an aromatic ring is 1. The largest absolute Gasteiger partial charge is 0.494 e. The van der Waals surface area contributed by atoms with Crippen molar-refractivity contribution in [3.63, 3.8) is 0 Å². The number of hydrogen-bond donors (Lipinski definition) is 1. The molecule has 21 heavy (non-hydrogen) atoms. The minimum atomic E-state index is -4.48. The van der Waals surface area contributed by atoms with E-state index in [2.05, 4.69) is 0 Å². The fourth-order valence-corrected chi connectivity index (χ4v) is 1.66. The maximum absolute atomic E-state index is 13.4. The van der Waals surface area contributed by atoms with Crippen LogP contribution in [0.15, 0.2) is 36.4 Å². The number of benzene rings is 2. The van der Waals surface area contributed by atoms with Gasteiger partial charge in [0.1, 0.15) is 5.75 Å². The highest BCUT2D eigenvalue weighted by atomic mass is 19.4. The molecule has 0 fully saturated rings. The molecule has 2 aromatic rings. The van der Waals surface area contributed by atoms with E-state index in [1.807, 2.05) is 0 Å². The van der Waals surface area contributed by atoms with Crippen molar-refractivity contribution in [3.8, 4) is 17.2 Å². The van der Waals surface area contributed by atoms with Gasteiger partial charge in [0, 0.05) is 12.1 Å². The number of anilines is 1. The molecule has 2 N–H and O–H groups in total. The summed E-state index contributed by atoms with van der Waals surface area (Å²) >= 11 is 0. The van der Waals surface area contributed by atoms with Gasteiger partial charge in [0.25, 0.3) is 0 Å². The van der Waals surface area contributed by atoms with Gasteiger partial charge in [-0.2, -0.15) is 13.2 Å². The summed E-state index contributed by atoms with van der Waals surface area (Å²) in [4.78, 5) is 0. The summed E-state index contributed by atoms with van der Waals surface area (Å²) in [6, 6.07) is 6.43. The van der Waals surface area contributed by atoms with Crippen molar-refractivity contribution in [2.75, 3.05) is 12.8 Å². The summed E-state index contributed by atoms with van der Waals surface area (Å²) in [7, 11) is 1.25.